The van der Waals surface area contributed by atoms with Crippen LogP contribution < -0.4 is 5.73 Å². The zero-order valence-corrected chi connectivity index (χ0v) is 7.77. The van der Waals surface area contributed by atoms with Gasteiger partial charge in [-0.05, 0) is 19.1 Å². The number of rotatable bonds is 3. The molecule has 0 aliphatic heterocycles. The van der Waals surface area contributed by atoms with Crippen LogP contribution in [0.3, 0.4) is 0 Å². The first kappa shape index (κ1) is 9.39. The number of halogens is 1. The van der Waals surface area contributed by atoms with Crippen LogP contribution >= 0.6 is 11.8 Å². The molecule has 12 heavy (non-hydrogen) atoms. The van der Waals surface area contributed by atoms with E-state index < -0.39 is 6.17 Å². The molecule has 66 valence electrons. The van der Waals surface area contributed by atoms with E-state index in [1.165, 1.54) is 11.8 Å². The van der Waals surface area contributed by atoms with Crippen molar-refractivity contribution in [3.05, 3.63) is 24.3 Å². The van der Waals surface area contributed by atoms with Crippen LogP contribution in [0.5, 0.6) is 0 Å². The number of alkyl halides is 1. The van der Waals surface area contributed by atoms with Gasteiger partial charge in [0, 0.05) is 16.3 Å². The van der Waals surface area contributed by atoms with Crippen LogP contribution in [0, 0.1) is 0 Å². The Hall–Kier alpha value is -0.700. The molecule has 0 aliphatic carbocycles. The highest BCUT2D eigenvalue weighted by molar-refractivity contribution is 7.99. The third-order valence-electron chi connectivity index (χ3n) is 1.39. The molecule has 1 rings (SSSR count). The molecule has 0 bridgehead atoms. The fourth-order valence-electron chi connectivity index (χ4n) is 0.817. The minimum Gasteiger partial charge on any atom is -0.398 e. The summed E-state index contributed by atoms with van der Waals surface area (Å²) in [5.74, 6) is 0.466. The molecule has 0 aliphatic rings. The molecule has 1 aromatic rings. The number of benzene rings is 1. The zero-order chi connectivity index (χ0) is 8.97. The average Bonchev–Trinajstić information content (AvgIpc) is 2.03. The number of thioether (sulfide) groups is 1. The first-order valence-corrected chi connectivity index (χ1v) is 4.80. The Balaban J connectivity index is 2.57. The van der Waals surface area contributed by atoms with Crippen LogP contribution in [0.4, 0.5) is 10.1 Å². The van der Waals surface area contributed by atoms with E-state index in [9.17, 15) is 4.39 Å². The van der Waals surface area contributed by atoms with E-state index in [0.717, 1.165) is 10.6 Å². The van der Waals surface area contributed by atoms with Gasteiger partial charge in [-0.15, -0.1) is 11.8 Å². The van der Waals surface area contributed by atoms with Crippen molar-refractivity contribution < 1.29 is 4.39 Å². The molecule has 1 atom stereocenters. The predicted octanol–water partition coefficient (Wildman–Crippen LogP) is 2.72. The summed E-state index contributed by atoms with van der Waals surface area (Å²) >= 11 is 1.46. The summed E-state index contributed by atoms with van der Waals surface area (Å²) in [6, 6.07) is 7.51. The van der Waals surface area contributed by atoms with Crippen LogP contribution in [-0.2, 0) is 0 Å². The van der Waals surface area contributed by atoms with Gasteiger partial charge in [0.05, 0.1) is 0 Å². The van der Waals surface area contributed by atoms with Crippen LogP contribution in [0.2, 0.25) is 0 Å². The summed E-state index contributed by atoms with van der Waals surface area (Å²) in [4.78, 5) is 0.960. The van der Waals surface area contributed by atoms with Crippen LogP contribution in [-0.4, -0.2) is 11.9 Å². The molecule has 0 heterocycles. The van der Waals surface area contributed by atoms with E-state index in [4.69, 9.17) is 5.73 Å². The highest BCUT2D eigenvalue weighted by atomic mass is 32.2. The quantitative estimate of drug-likeness (QED) is 0.578. The monoisotopic (exact) mass is 185 g/mol. The van der Waals surface area contributed by atoms with Crippen molar-refractivity contribution in [2.24, 2.45) is 0 Å². The minimum atomic E-state index is -0.783. The molecule has 0 saturated heterocycles. The smallest absolute Gasteiger partial charge is 0.107 e. The topological polar surface area (TPSA) is 26.0 Å². The molecular weight excluding hydrogens is 173 g/mol. The molecule has 2 N–H and O–H groups in total. The van der Waals surface area contributed by atoms with Gasteiger partial charge in [-0.2, -0.15) is 0 Å². The van der Waals surface area contributed by atoms with Gasteiger partial charge >= 0.3 is 0 Å². The van der Waals surface area contributed by atoms with Crippen molar-refractivity contribution in [3.63, 3.8) is 0 Å². The Morgan fingerprint density at radius 3 is 2.75 bits per heavy atom. The van der Waals surface area contributed by atoms with Crippen molar-refractivity contribution in [3.8, 4) is 0 Å². The first-order valence-electron chi connectivity index (χ1n) is 3.81. The lowest BCUT2D eigenvalue weighted by Crippen LogP contribution is -1.96. The SMILES string of the molecule is CC(F)CSc1ccccc1N. The molecule has 3 heteroatoms. The van der Waals surface area contributed by atoms with Gasteiger partial charge in [0.1, 0.15) is 6.17 Å². The van der Waals surface area contributed by atoms with E-state index in [2.05, 4.69) is 0 Å². The van der Waals surface area contributed by atoms with Gasteiger partial charge in [-0.3, -0.25) is 0 Å². The summed E-state index contributed by atoms with van der Waals surface area (Å²) in [7, 11) is 0. The number of hydrogen-bond donors (Lipinski definition) is 1. The average molecular weight is 185 g/mol. The van der Waals surface area contributed by atoms with Gasteiger partial charge in [0.2, 0.25) is 0 Å². The Morgan fingerprint density at radius 2 is 2.17 bits per heavy atom. The molecule has 0 saturated carbocycles. The van der Waals surface area contributed by atoms with Gasteiger partial charge in [0.25, 0.3) is 0 Å². The summed E-state index contributed by atoms with van der Waals surface area (Å²) < 4.78 is 12.5. The number of para-hydroxylation sites is 1. The Kier molecular flexibility index (Phi) is 3.41. The Labute approximate surface area is 76.2 Å². The van der Waals surface area contributed by atoms with Crippen molar-refractivity contribution in [2.75, 3.05) is 11.5 Å². The van der Waals surface area contributed by atoms with Gasteiger partial charge < -0.3 is 5.73 Å². The van der Waals surface area contributed by atoms with Crippen LogP contribution in [0.15, 0.2) is 29.2 Å². The van der Waals surface area contributed by atoms with Gasteiger partial charge in [0.15, 0.2) is 0 Å². The summed E-state index contributed by atoms with van der Waals surface area (Å²) in [6.45, 7) is 1.55. The van der Waals surface area contributed by atoms with E-state index in [-0.39, 0.29) is 0 Å². The first-order chi connectivity index (χ1) is 5.70. The Morgan fingerprint density at radius 1 is 1.50 bits per heavy atom. The second-order valence-electron chi connectivity index (χ2n) is 2.63. The minimum absolute atomic E-state index is 0.466. The van der Waals surface area contributed by atoms with Crippen LogP contribution in [0.25, 0.3) is 0 Å². The lowest BCUT2D eigenvalue weighted by molar-refractivity contribution is 0.398. The van der Waals surface area contributed by atoms with E-state index >= 15 is 0 Å². The Bertz CT molecular complexity index is 250. The van der Waals surface area contributed by atoms with Crippen molar-refractivity contribution >= 4 is 17.4 Å². The van der Waals surface area contributed by atoms with Crippen LogP contribution in [0.1, 0.15) is 6.92 Å². The molecule has 1 nitrogen and oxygen atoms in total. The molecule has 0 radical (unpaired) electrons. The molecule has 0 amide bonds. The zero-order valence-electron chi connectivity index (χ0n) is 6.96. The van der Waals surface area contributed by atoms with E-state index in [1.807, 2.05) is 24.3 Å². The van der Waals surface area contributed by atoms with Gasteiger partial charge in [-0.25, -0.2) is 4.39 Å². The summed E-state index contributed by atoms with van der Waals surface area (Å²) in [5.41, 5.74) is 6.39. The summed E-state index contributed by atoms with van der Waals surface area (Å²) in [6.07, 6.45) is -0.783. The maximum atomic E-state index is 12.5. The second-order valence-corrected chi connectivity index (χ2v) is 3.69. The lowest BCUT2D eigenvalue weighted by atomic mass is 10.3. The molecule has 0 fully saturated rings. The van der Waals surface area contributed by atoms with E-state index in [0.29, 0.717) is 5.75 Å². The fourth-order valence-corrected chi connectivity index (χ4v) is 1.64. The molecule has 1 aromatic carbocycles. The fraction of sp³-hybridized carbons (Fsp3) is 0.333. The number of hydrogen-bond acceptors (Lipinski definition) is 2. The van der Waals surface area contributed by atoms with Crippen molar-refractivity contribution in [1.29, 1.82) is 0 Å². The highest BCUT2D eigenvalue weighted by Gasteiger charge is 2.01. The number of nitrogen functional groups attached to an aromatic ring is 1. The van der Waals surface area contributed by atoms with Crippen molar-refractivity contribution in [1.82, 2.24) is 0 Å². The van der Waals surface area contributed by atoms with Gasteiger partial charge in [-0.1, -0.05) is 12.1 Å². The van der Waals surface area contributed by atoms with Crippen molar-refractivity contribution in [2.45, 2.75) is 18.0 Å². The second kappa shape index (κ2) is 4.36. The maximum Gasteiger partial charge on any atom is 0.107 e. The highest BCUT2D eigenvalue weighted by Crippen LogP contribution is 2.25. The maximum absolute atomic E-state index is 12.5. The summed E-state index contributed by atoms with van der Waals surface area (Å²) in [5, 5.41) is 0. The number of nitrogens with two attached hydrogens (primary N) is 1. The molecular formula is C9H12FNS. The molecule has 1 unspecified atom stereocenters. The largest absolute Gasteiger partial charge is 0.398 e. The lowest BCUT2D eigenvalue weighted by Gasteiger charge is -2.04. The predicted molar refractivity (Wildman–Crippen MR) is 52.1 cm³/mol. The normalized spacial score (nSPS) is 12.8. The standard InChI is InChI=1S/C9H12FNS/c1-7(10)6-12-9-5-3-2-4-8(9)11/h2-5,7H,6,11H2,1H3. The number of anilines is 1. The molecule has 0 aromatic heterocycles. The third kappa shape index (κ3) is 2.74. The van der Waals surface area contributed by atoms with E-state index in [1.54, 1.807) is 6.92 Å². The molecule has 0 spiro atoms. The third-order valence-corrected chi connectivity index (χ3v) is 2.70.